The predicted molar refractivity (Wildman–Crippen MR) is 102 cm³/mol. The van der Waals surface area contributed by atoms with Crippen LogP contribution in [0.5, 0.6) is 0 Å². The van der Waals surface area contributed by atoms with Gasteiger partial charge in [-0.05, 0) is 25.7 Å². The van der Waals surface area contributed by atoms with E-state index in [1.54, 1.807) is 0 Å². The van der Waals surface area contributed by atoms with E-state index in [1.807, 2.05) is 6.92 Å². The van der Waals surface area contributed by atoms with Gasteiger partial charge in [0.15, 0.2) is 11.2 Å². The lowest BCUT2D eigenvalue weighted by Crippen LogP contribution is -2.71. The second-order valence-electron chi connectivity index (χ2n) is 7.26. The number of aliphatic hydroxyl groups is 1. The van der Waals surface area contributed by atoms with Gasteiger partial charge in [0, 0.05) is 6.42 Å². The summed E-state index contributed by atoms with van der Waals surface area (Å²) in [7, 11) is 0. The summed E-state index contributed by atoms with van der Waals surface area (Å²) in [4.78, 5) is 49.5. The molecule has 4 N–H and O–H groups in total. The summed E-state index contributed by atoms with van der Waals surface area (Å²) in [5.41, 5.74) is -8.38. The summed E-state index contributed by atoms with van der Waals surface area (Å²) >= 11 is 0. The van der Waals surface area contributed by atoms with Crippen LogP contribution in [0.4, 0.5) is 0 Å². The van der Waals surface area contributed by atoms with Gasteiger partial charge in [0.25, 0.3) is 0 Å². The van der Waals surface area contributed by atoms with Crippen LogP contribution < -0.4 is 0 Å². The molecule has 2 atom stereocenters. The van der Waals surface area contributed by atoms with Gasteiger partial charge in [-0.15, -0.1) is 0 Å². The van der Waals surface area contributed by atoms with Crippen molar-refractivity contribution in [3.05, 3.63) is 0 Å². The zero-order valence-corrected chi connectivity index (χ0v) is 17.3. The summed E-state index contributed by atoms with van der Waals surface area (Å²) in [6.45, 7) is 6.03. The van der Waals surface area contributed by atoms with Crippen molar-refractivity contribution >= 4 is 23.7 Å². The maximum Gasteiger partial charge on any atom is 0.338 e. The highest BCUT2D eigenvalue weighted by Crippen LogP contribution is 2.52. The third-order valence-electron chi connectivity index (χ3n) is 6.12. The maximum atomic E-state index is 13.0. The first kappa shape index (κ1) is 26.0. The highest BCUT2D eigenvalue weighted by atomic mass is 16.4. The van der Waals surface area contributed by atoms with Gasteiger partial charge in [-0.3, -0.25) is 14.4 Å². The lowest BCUT2D eigenvalue weighted by molar-refractivity contribution is -0.222. The van der Waals surface area contributed by atoms with Crippen molar-refractivity contribution < 1.29 is 39.6 Å². The number of carbonyl (C=O) groups excluding carboxylic acids is 1. The minimum absolute atomic E-state index is 0.234. The lowest BCUT2D eigenvalue weighted by atomic mass is 9.53. The van der Waals surface area contributed by atoms with Gasteiger partial charge >= 0.3 is 17.9 Å². The number of aliphatic carboxylic acids is 3. The fourth-order valence-corrected chi connectivity index (χ4v) is 4.20. The Morgan fingerprint density at radius 2 is 1.18 bits per heavy atom. The topological polar surface area (TPSA) is 149 Å². The van der Waals surface area contributed by atoms with Crippen LogP contribution in [0.2, 0.25) is 0 Å². The minimum Gasteiger partial charge on any atom is -0.481 e. The molecule has 8 heteroatoms. The van der Waals surface area contributed by atoms with Crippen LogP contribution in [0.3, 0.4) is 0 Å². The molecule has 0 rings (SSSR count). The van der Waals surface area contributed by atoms with E-state index in [0.717, 1.165) is 19.3 Å². The first-order valence-electron chi connectivity index (χ1n) is 9.95. The molecule has 2 unspecified atom stereocenters. The molecule has 162 valence electrons. The Kier molecular flexibility index (Phi) is 9.81. The number of carbonyl (C=O) groups is 4. The quantitative estimate of drug-likeness (QED) is 0.241. The molecular weight excluding hydrogens is 368 g/mol. The standard InChI is InChI=1S/C20H34O8/c1-5-9-10-11-12-13-14(21)19(8-4,16(24)25)20(28,17(26)27)18(6-2,7-3)15(22)23/h28H,5-13H2,1-4H3,(H,22,23)(H,24,25)(H,26,27). The number of unbranched alkanes of at least 4 members (excludes halogenated alkanes) is 4. The maximum absolute atomic E-state index is 13.0. The van der Waals surface area contributed by atoms with Gasteiger partial charge in [0.1, 0.15) is 5.41 Å². The highest BCUT2D eigenvalue weighted by molar-refractivity contribution is 6.10. The third-order valence-corrected chi connectivity index (χ3v) is 6.12. The Balaban J connectivity index is 6.44. The average Bonchev–Trinajstić information content (AvgIpc) is 2.63. The average molecular weight is 402 g/mol. The molecule has 0 aromatic heterocycles. The fraction of sp³-hybridized carbons (Fsp3) is 0.800. The Bertz CT molecular complexity index is 581. The molecule has 0 bridgehead atoms. The SMILES string of the molecule is CCCCCCCC(=O)C(CC)(C(=O)O)C(O)(C(=O)O)C(CC)(CC)C(=O)O. The molecule has 0 aliphatic carbocycles. The number of rotatable bonds is 15. The van der Waals surface area contributed by atoms with Crippen molar-refractivity contribution in [1.82, 2.24) is 0 Å². The van der Waals surface area contributed by atoms with E-state index < -0.39 is 46.5 Å². The molecule has 0 radical (unpaired) electrons. The van der Waals surface area contributed by atoms with Crippen LogP contribution in [0, 0.1) is 10.8 Å². The van der Waals surface area contributed by atoms with Crippen molar-refractivity contribution in [2.75, 3.05) is 0 Å². The Labute approximate surface area is 165 Å². The van der Waals surface area contributed by atoms with Gasteiger partial charge < -0.3 is 20.4 Å². The zero-order chi connectivity index (χ0) is 22.2. The first-order chi connectivity index (χ1) is 13.0. The van der Waals surface area contributed by atoms with Gasteiger partial charge in [-0.1, -0.05) is 53.4 Å². The number of Topliss-reactive ketones (excluding diaryl/α,β-unsaturated/α-hetero) is 1. The Morgan fingerprint density at radius 1 is 0.679 bits per heavy atom. The summed E-state index contributed by atoms with van der Waals surface area (Å²) in [5.74, 6) is -6.41. The second kappa shape index (κ2) is 10.5. The Hall–Kier alpha value is -1.96. The van der Waals surface area contributed by atoms with Crippen molar-refractivity contribution in [3.63, 3.8) is 0 Å². The van der Waals surface area contributed by atoms with E-state index in [0.29, 0.717) is 12.8 Å². The zero-order valence-electron chi connectivity index (χ0n) is 17.3. The highest BCUT2D eigenvalue weighted by Gasteiger charge is 2.74. The number of carboxylic acid groups (broad SMARTS) is 3. The molecule has 0 aliphatic rings. The molecule has 0 amide bonds. The van der Waals surface area contributed by atoms with Crippen molar-refractivity contribution in [1.29, 1.82) is 0 Å². The molecule has 0 heterocycles. The number of hydrogen-bond donors (Lipinski definition) is 4. The molecule has 0 aromatic rings. The van der Waals surface area contributed by atoms with Crippen molar-refractivity contribution in [2.45, 2.75) is 91.1 Å². The molecule has 0 spiro atoms. The Morgan fingerprint density at radius 3 is 1.50 bits per heavy atom. The van der Waals surface area contributed by atoms with E-state index in [2.05, 4.69) is 0 Å². The van der Waals surface area contributed by atoms with Gasteiger partial charge in [0.2, 0.25) is 5.60 Å². The monoisotopic (exact) mass is 402 g/mol. The van der Waals surface area contributed by atoms with Crippen LogP contribution in [-0.4, -0.2) is 49.7 Å². The number of ketones is 1. The van der Waals surface area contributed by atoms with Crippen LogP contribution in [-0.2, 0) is 19.2 Å². The summed E-state index contributed by atoms with van der Waals surface area (Å²) < 4.78 is 0. The fourth-order valence-electron chi connectivity index (χ4n) is 4.20. The van der Waals surface area contributed by atoms with E-state index in [9.17, 15) is 39.6 Å². The van der Waals surface area contributed by atoms with Crippen molar-refractivity contribution in [2.24, 2.45) is 10.8 Å². The smallest absolute Gasteiger partial charge is 0.338 e. The van der Waals surface area contributed by atoms with Gasteiger partial charge in [-0.25, -0.2) is 4.79 Å². The second-order valence-corrected chi connectivity index (χ2v) is 7.26. The first-order valence-corrected chi connectivity index (χ1v) is 9.95. The number of hydrogen-bond acceptors (Lipinski definition) is 5. The molecule has 0 fully saturated rings. The molecule has 0 saturated heterocycles. The summed E-state index contributed by atoms with van der Waals surface area (Å²) in [6.07, 6.45) is 2.34. The van der Waals surface area contributed by atoms with Crippen LogP contribution >= 0.6 is 0 Å². The van der Waals surface area contributed by atoms with E-state index in [1.165, 1.54) is 20.8 Å². The van der Waals surface area contributed by atoms with E-state index in [-0.39, 0.29) is 19.3 Å². The van der Waals surface area contributed by atoms with E-state index >= 15 is 0 Å². The molecule has 28 heavy (non-hydrogen) atoms. The van der Waals surface area contributed by atoms with Gasteiger partial charge in [0.05, 0.1) is 0 Å². The minimum atomic E-state index is -3.30. The van der Waals surface area contributed by atoms with Crippen LogP contribution in [0.25, 0.3) is 0 Å². The largest absolute Gasteiger partial charge is 0.481 e. The van der Waals surface area contributed by atoms with Crippen molar-refractivity contribution in [3.8, 4) is 0 Å². The molecule has 0 aromatic carbocycles. The van der Waals surface area contributed by atoms with Crippen LogP contribution in [0.15, 0.2) is 0 Å². The predicted octanol–water partition coefficient (Wildman–Crippen LogP) is 3.10. The normalized spacial score (nSPS) is 16.0. The number of carboxylic acids is 3. The molecule has 8 nitrogen and oxygen atoms in total. The molecule has 0 aliphatic heterocycles. The molecular formula is C20H34O8. The summed E-state index contributed by atoms with van der Waals surface area (Å²) in [5, 5.41) is 40.8. The summed E-state index contributed by atoms with van der Waals surface area (Å²) in [6, 6.07) is 0. The van der Waals surface area contributed by atoms with E-state index in [4.69, 9.17) is 0 Å². The van der Waals surface area contributed by atoms with Crippen LogP contribution in [0.1, 0.15) is 85.5 Å². The molecule has 0 saturated carbocycles. The van der Waals surface area contributed by atoms with Gasteiger partial charge in [-0.2, -0.15) is 0 Å². The lowest BCUT2D eigenvalue weighted by Gasteiger charge is -2.49. The third kappa shape index (κ3) is 4.06.